The Hall–Kier alpha value is -0.590. The summed E-state index contributed by atoms with van der Waals surface area (Å²) in [5.41, 5.74) is 1.49. The van der Waals surface area contributed by atoms with Gasteiger partial charge in [-0.3, -0.25) is 0 Å². The maximum absolute atomic E-state index is 10.9. The predicted molar refractivity (Wildman–Crippen MR) is 50.9 cm³/mol. The molecule has 0 spiro atoms. The number of aldehydes is 1. The smallest absolute Gasteiger partial charge is 0.127 e. The first-order chi connectivity index (χ1) is 5.64. The lowest BCUT2D eigenvalue weighted by Crippen LogP contribution is -2.31. The van der Waals surface area contributed by atoms with Crippen LogP contribution in [-0.2, 0) is 4.79 Å². The number of carbonyl (C=O) groups excluding carboxylic acids is 1. The lowest BCUT2D eigenvalue weighted by Gasteiger charge is -2.37. The van der Waals surface area contributed by atoms with E-state index in [0.717, 1.165) is 25.5 Å². The summed E-state index contributed by atoms with van der Waals surface area (Å²) in [6.45, 7) is 6.48. The highest BCUT2D eigenvalue weighted by molar-refractivity contribution is 5.60. The van der Waals surface area contributed by atoms with Crippen molar-refractivity contribution in [2.24, 2.45) is 11.3 Å². The number of carbonyl (C=O) groups is 1. The molecular formula is C11H18O. The Kier molecular flexibility index (Phi) is 2.71. The second-order valence-electron chi connectivity index (χ2n) is 4.11. The Morgan fingerprint density at radius 2 is 2.42 bits per heavy atom. The monoisotopic (exact) mass is 166 g/mol. The minimum absolute atomic E-state index is 0.163. The minimum Gasteiger partial charge on any atom is -0.303 e. The average molecular weight is 166 g/mol. The molecule has 0 aromatic carbocycles. The second kappa shape index (κ2) is 3.42. The van der Waals surface area contributed by atoms with Crippen molar-refractivity contribution in [3.63, 3.8) is 0 Å². The van der Waals surface area contributed by atoms with Gasteiger partial charge in [0.25, 0.3) is 0 Å². The molecule has 12 heavy (non-hydrogen) atoms. The van der Waals surface area contributed by atoms with Crippen LogP contribution in [0.1, 0.15) is 40.0 Å². The molecule has 0 heterocycles. The van der Waals surface area contributed by atoms with Gasteiger partial charge in [-0.25, -0.2) is 0 Å². The third kappa shape index (κ3) is 1.45. The molecule has 1 aliphatic rings. The van der Waals surface area contributed by atoms with Crippen LogP contribution >= 0.6 is 0 Å². The Morgan fingerprint density at radius 3 is 2.83 bits per heavy atom. The fourth-order valence-electron chi connectivity index (χ4n) is 2.13. The molecule has 0 aromatic rings. The fraction of sp³-hybridized carbons (Fsp3) is 0.727. The van der Waals surface area contributed by atoms with Crippen LogP contribution in [0.25, 0.3) is 0 Å². The molecule has 0 saturated heterocycles. The molecule has 1 heteroatoms. The molecule has 2 atom stereocenters. The molecule has 0 radical (unpaired) electrons. The average Bonchev–Trinajstić information content (AvgIpc) is 2.05. The number of allylic oxidation sites excluding steroid dienone is 2. The molecule has 0 bridgehead atoms. The zero-order chi connectivity index (χ0) is 9.19. The van der Waals surface area contributed by atoms with E-state index in [0.29, 0.717) is 0 Å². The standard InChI is InChI=1S/C11H18O/c1-4-11(3)7-5-6-9(2)10(11)8-12/h6,8,10H,4-5,7H2,1-3H3. The lowest BCUT2D eigenvalue weighted by molar-refractivity contribution is -0.113. The molecule has 1 aliphatic carbocycles. The number of hydrogen-bond acceptors (Lipinski definition) is 1. The summed E-state index contributed by atoms with van der Waals surface area (Å²) in [5, 5.41) is 0. The first-order valence-corrected chi connectivity index (χ1v) is 4.76. The van der Waals surface area contributed by atoms with Crippen molar-refractivity contribution in [2.75, 3.05) is 0 Å². The van der Waals surface area contributed by atoms with Gasteiger partial charge in [0.2, 0.25) is 0 Å². The van der Waals surface area contributed by atoms with Crippen molar-refractivity contribution < 1.29 is 4.79 Å². The van der Waals surface area contributed by atoms with Crippen LogP contribution in [0.4, 0.5) is 0 Å². The van der Waals surface area contributed by atoms with Gasteiger partial charge in [-0.15, -0.1) is 0 Å². The third-order valence-corrected chi connectivity index (χ3v) is 3.37. The normalized spacial score (nSPS) is 35.9. The molecule has 1 nitrogen and oxygen atoms in total. The van der Waals surface area contributed by atoms with Crippen molar-refractivity contribution in [1.29, 1.82) is 0 Å². The van der Waals surface area contributed by atoms with Gasteiger partial charge in [-0.2, -0.15) is 0 Å². The van der Waals surface area contributed by atoms with E-state index in [9.17, 15) is 4.79 Å². The van der Waals surface area contributed by atoms with Gasteiger partial charge in [0.15, 0.2) is 0 Å². The number of rotatable bonds is 2. The van der Waals surface area contributed by atoms with E-state index in [2.05, 4.69) is 26.8 Å². The summed E-state index contributed by atoms with van der Waals surface area (Å²) in [6, 6.07) is 0. The van der Waals surface area contributed by atoms with Crippen LogP contribution in [0.3, 0.4) is 0 Å². The van der Waals surface area contributed by atoms with Gasteiger partial charge >= 0.3 is 0 Å². The van der Waals surface area contributed by atoms with Crippen LogP contribution in [-0.4, -0.2) is 6.29 Å². The van der Waals surface area contributed by atoms with E-state index in [-0.39, 0.29) is 11.3 Å². The summed E-state index contributed by atoms with van der Waals surface area (Å²) < 4.78 is 0. The molecule has 1 rings (SSSR count). The summed E-state index contributed by atoms with van der Waals surface area (Å²) in [6.07, 6.45) is 6.72. The summed E-state index contributed by atoms with van der Waals surface area (Å²) in [4.78, 5) is 10.9. The highest BCUT2D eigenvalue weighted by Gasteiger charge is 2.34. The summed E-state index contributed by atoms with van der Waals surface area (Å²) >= 11 is 0. The molecular weight excluding hydrogens is 148 g/mol. The molecule has 0 fully saturated rings. The van der Waals surface area contributed by atoms with Crippen molar-refractivity contribution in [3.05, 3.63) is 11.6 Å². The topological polar surface area (TPSA) is 17.1 Å². The second-order valence-corrected chi connectivity index (χ2v) is 4.11. The van der Waals surface area contributed by atoms with Gasteiger partial charge in [-0.05, 0) is 31.6 Å². The zero-order valence-electron chi connectivity index (χ0n) is 8.26. The Balaban J connectivity index is 2.91. The van der Waals surface area contributed by atoms with Crippen LogP contribution in [0.5, 0.6) is 0 Å². The highest BCUT2D eigenvalue weighted by atomic mass is 16.1. The maximum Gasteiger partial charge on any atom is 0.127 e. The van der Waals surface area contributed by atoms with Gasteiger partial charge in [0.1, 0.15) is 6.29 Å². The molecule has 68 valence electrons. The highest BCUT2D eigenvalue weighted by Crippen LogP contribution is 2.42. The van der Waals surface area contributed by atoms with E-state index < -0.39 is 0 Å². The molecule has 0 amide bonds. The Bertz CT molecular complexity index is 205. The zero-order valence-corrected chi connectivity index (χ0v) is 8.26. The molecule has 2 unspecified atom stereocenters. The van der Waals surface area contributed by atoms with Gasteiger partial charge < -0.3 is 4.79 Å². The van der Waals surface area contributed by atoms with E-state index in [1.807, 2.05) is 0 Å². The van der Waals surface area contributed by atoms with E-state index >= 15 is 0 Å². The van der Waals surface area contributed by atoms with Gasteiger partial charge in [0.05, 0.1) is 0 Å². The van der Waals surface area contributed by atoms with Crippen LogP contribution in [0.15, 0.2) is 11.6 Å². The van der Waals surface area contributed by atoms with Crippen molar-refractivity contribution in [3.8, 4) is 0 Å². The van der Waals surface area contributed by atoms with Crippen LogP contribution in [0.2, 0.25) is 0 Å². The lowest BCUT2D eigenvalue weighted by atomic mass is 9.66. The third-order valence-electron chi connectivity index (χ3n) is 3.37. The van der Waals surface area contributed by atoms with Crippen molar-refractivity contribution >= 4 is 6.29 Å². The Morgan fingerprint density at radius 1 is 1.75 bits per heavy atom. The number of hydrogen-bond donors (Lipinski definition) is 0. The van der Waals surface area contributed by atoms with Crippen molar-refractivity contribution in [2.45, 2.75) is 40.0 Å². The maximum atomic E-state index is 10.9. The SMILES string of the molecule is CCC1(C)CCC=C(C)C1C=O. The quantitative estimate of drug-likeness (QED) is 0.455. The van der Waals surface area contributed by atoms with Crippen molar-refractivity contribution in [1.82, 2.24) is 0 Å². The fourth-order valence-corrected chi connectivity index (χ4v) is 2.13. The first kappa shape index (κ1) is 9.50. The van der Waals surface area contributed by atoms with Gasteiger partial charge in [0, 0.05) is 5.92 Å². The molecule has 0 aromatic heterocycles. The van der Waals surface area contributed by atoms with E-state index in [1.165, 1.54) is 5.57 Å². The van der Waals surface area contributed by atoms with E-state index in [1.54, 1.807) is 0 Å². The predicted octanol–water partition coefficient (Wildman–Crippen LogP) is 2.96. The Labute approximate surface area is 74.9 Å². The van der Waals surface area contributed by atoms with Gasteiger partial charge in [-0.1, -0.05) is 25.5 Å². The molecule has 0 aliphatic heterocycles. The summed E-state index contributed by atoms with van der Waals surface area (Å²) in [5.74, 6) is 0.163. The van der Waals surface area contributed by atoms with Crippen LogP contribution < -0.4 is 0 Å². The molecule has 0 N–H and O–H groups in total. The van der Waals surface area contributed by atoms with Crippen LogP contribution in [0, 0.1) is 11.3 Å². The largest absolute Gasteiger partial charge is 0.303 e. The first-order valence-electron chi connectivity index (χ1n) is 4.76. The minimum atomic E-state index is 0.163. The van der Waals surface area contributed by atoms with E-state index in [4.69, 9.17) is 0 Å². The summed E-state index contributed by atoms with van der Waals surface area (Å²) in [7, 11) is 0. The molecule has 0 saturated carbocycles.